The Morgan fingerprint density at radius 3 is 2.43 bits per heavy atom. The molecular weight excluding hydrogens is 546 g/mol. The topological polar surface area (TPSA) is 72.0 Å². The van der Waals surface area contributed by atoms with E-state index in [1.807, 2.05) is 30.3 Å². The van der Waals surface area contributed by atoms with Crippen LogP contribution in [0.3, 0.4) is 0 Å². The molecule has 2 aliphatic rings. The summed E-state index contributed by atoms with van der Waals surface area (Å²) in [7, 11) is -5.56. The van der Waals surface area contributed by atoms with Crippen molar-refractivity contribution < 1.29 is 17.6 Å². The van der Waals surface area contributed by atoms with Gasteiger partial charge in [-0.15, -0.1) is 0 Å². The molecule has 0 saturated carbocycles. The summed E-state index contributed by atoms with van der Waals surface area (Å²) in [4.78, 5) is 7.04. The fourth-order valence-corrected chi connectivity index (χ4v) is 7.67. The summed E-state index contributed by atoms with van der Waals surface area (Å²) in [6, 6.07) is 11.4. The van der Waals surface area contributed by atoms with Gasteiger partial charge in [0.1, 0.15) is 17.3 Å². The highest BCUT2D eigenvalue weighted by Crippen LogP contribution is 2.40. The van der Waals surface area contributed by atoms with Crippen LogP contribution in [-0.4, -0.2) is 58.3 Å². The Morgan fingerprint density at radius 2 is 1.83 bits per heavy atom. The van der Waals surface area contributed by atoms with E-state index < -0.39 is 18.3 Å². The van der Waals surface area contributed by atoms with Gasteiger partial charge < -0.3 is 14.1 Å². The van der Waals surface area contributed by atoms with E-state index in [2.05, 4.69) is 54.7 Å². The molecule has 7 nitrogen and oxygen atoms in total. The Balaban J connectivity index is 1.60. The Labute approximate surface area is 219 Å². The van der Waals surface area contributed by atoms with Gasteiger partial charge in [0.05, 0.1) is 10.6 Å². The van der Waals surface area contributed by atoms with E-state index in [9.17, 15) is 8.42 Å². The third-order valence-corrected chi connectivity index (χ3v) is 14.3. The number of halogens is 1. The number of nitrogens with zero attached hydrogens (tertiary/aromatic N) is 3. The standard InChI is InChI=1S/C25H36BrN3O4SSi/c1-25(2,3)35(4,5)33-20-12-15-28(17-20)23-21(26)16-22(34(30,31)29-13-9-14-29)24(27-23)32-18-19-10-7-6-8-11-19/h6-8,10-11,16,20H,9,12-15,17-18H2,1-5H3. The molecule has 1 atom stereocenters. The van der Waals surface area contributed by atoms with Crippen molar-refractivity contribution in [1.82, 2.24) is 9.29 Å². The number of benzene rings is 1. The molecule has 2 fully saturated rings. The van der Waals surface area contributed by atoms with Crippen LogP contribution >= 0.6 is 15.9 Å². The van der Waals surface area contributed by atoms with E-state index in [-0.39, 0.29) is 28.5 Å². The summed E-state index contributed by atoms with van der Waals surface area (Å²) in [6.45, 7) is 14.1. The van der Waals surface area contributed by atoms with Crippen molar-refractivity contribution in [1.29, 1.82) is 0 Å². The highest BCUT2D eigenvalue weighted by molar-refractivity contribution is 9.10. The van der Waals surface area contributed by atoms with Gasteiger partial charge in [-0.2, -0.15) is 9.29 Å². The van der Waals surface area contributed by atoms with E-state index in [0.717, 1.165) is 24.9 Å². The van der Waals surface area contributed by atoms with Gasteiger partial charge in [-0.05, 0) is 58.5 Å². The van der Waals surface area contributed by atoms with Crippen LogP contribution in [0.25, 0.3) is 0 Å². The Hall–Kier alpha value is -1.46. The highest BCUT2D eigenvalue weighted by atomic mass is 79.9. The summed E-state index contributed by atoms with van der Waals surface area (Å²) in [5.74, 6) is 0.838. The Morgan fingerprint density at radius 1 is 1.14 bits per heavy atom. The molecule has 0 bridgehead atoms. The number of ether oxygens (including phenoxy) is 1. The molecule has 0 N–H and O–H groups in total. The summed E-state index contributed by atoms with van der Waals surface area (Å²) in [5.41, 5.74) is 0.954. The summed E-state index contributed by atoms with van der Waals surface area (Å²) < 4.78 is 41.4. The molecular formula is C25H36BrN3O4SSi. The quantitative estimate of drug-likeness (QED) is 0.388. The summed E-state index contributed by atoms with van der Waals surface area (Å²) in [5, 5.41) is 0.143. The number of anilines is 1. The highest BCUT2D eigenvalue weighted by Gasteiger charge is 2.41. The van der Waals surface area contributed by atoms with E-state index in [4.69, 9.17) is 14.1 Å². The van der Waals surface area contributed by atoms with Crippen LogP contribution in [0, 0.1) is 0 Å². The van der Waals surface area contributed by atoms with Crippen LogP contribution in [-0.2, 0) is 21.1 Å². The number of pyridine rings is 1. The lowest BCUT2D eigenvalue weighted by atomic mass is 10.2. The van der Waals surface area contributed by atoms with Gasteiger partial charge in [0.15, 0.2) is 8.32 Å². The van der Waals surface area contributed by atoms with Gasteiger partial charge in [-0.3, -0.25) is 0 Å². The van der Waals surface area contributed by atoms with Crippen molar-refractivity contribution in [3.05, 3.63) is 46.4 Å². The van der Waals surface area contributed by atoms with Crippen LogP contribution in [0.1, 0.15) is 39.2 Å². The Bertz CT molecular complexity index is 1150. The van der Waals surface area contributed by atoms with Gasteiger partial charge in [0.2, 0.25) is 15.9 Å². The monoisotopic (exact) mass is 581 g/mol. The molecule has 1 aromatic heterocycles. The van der Waals surface area contributed by atoms with Crippen LogP contribution < -0.4 is 9.64 Å². The number of hydrogen-bond acceptors (Lipinski definition) is 6. The molecule has 0 radical (unpaired) electrons. The smallest absolute Gasteiger partial charge is 0.248 e. The molecule has 2 aromatic rings. The van der Waals surface area contributed by atoms with Gasteiger partial charge in [-0.1, -0.05) is 51.1 Å². The molecule has 4 rings (SSSR count). The van der Waals surface area contributed by atoms with Crippen molar-refractivity contribution in [3.8, 4) is 5.88 Å². The third-order valence-electron chi connectivity index (χ3n) is 7.25. The van der Waals surface area contributed by atoms with Gasteiger partial charge >= 0.3 is 0 Å². The second-order valence-electron chi connectivity index (χ2n) is 10.9. The lowest BCUT2D eigenvalue weighted by molar-refractivity contribution is 0.202. The molecule has 2 saturated heterocycles. The van der Waals surface area contributed by atoms with Gasteiger partial charge in [0, 0.05) is 26.2 Å². The lowest BCUT2D eigenvalue weighted by Crippen LogP contribution is -2.44. The number of aromatic nitrogens is 1. The zero-order chi connectivity index (χ0) is 25.4. The van der Waals surface area contributed by atoms with Crippen LogP contribution in [0.4, 0.5) is 5.82 Å². The first-order chi connectivity index (χ1) is 16.4. The normalized spacial score (nSPS) is 19.6. The third kappa shape index (κ3) is 5.77. The molecule has 10 heteroatoms. The van der Waals surface area contributed by atoms with E-state index in [1.165, 1.54) is 4.31 Å². The zero-order valence-corrected chi connectivity index (χ0v) is 24.7. The summed E-state index contributed by atoms with van der Waals surface area (Å²) in [6.07, 6.45) is 1.91. The molecule has 1 unspecified atom stereocenters. The zero-order valence-electron chi connectivity index (χ0n) is 21.3. The van der Waals surface area contributed by atoms with E-state index in [1.54, 1.807) is 6.07 Å². The number of sulfonamides is 1. The second-order valence-corrected chi connectivity index (χ2v) is 18.4. The lowest BCUT2D eigenvalue weighted by Gasteiger charge is -2.38. The fraction of sp³-hybridized carbons (Fsp3) is 0.560. The SMILES string of the molecule is CC(C)(C)[Si](C)(C)OC1CCN(c2nc(OCc3ccccc3)c(S(=O)(=O)N3CCC3)cc2Br)C1. The first kappa shape index (κ1) is 26.6. The van der Waals surface area contributed by atoms with E-state index >= 15 is 0 Å². The van der Waals surface area contributed by atoms with Crippen molar-refractivity contribution in [2.45, 2.75) is 69.4 Å². The first-order valence-corrected chi connectivity index (χ1v) is 17.3. The average molecular weight is 583 g/mol. The van der Waals surface area contributed by atoms with Crippen molar-refractivity contribution in [2.24, 2.45) is 0 Å². The predicted molar refractivity (Wildman–Crippen MR) is 145 cm³/mol. The van der Waals surface area contributed by atoms with Crippen molar-refractivity contribution in [3.63, 3.8) is 0 Å². The van der Waals surface area contributed by atoms with Crippen LogP contribution in [0.5, 0.6) is 5.88 Å². The molecule has 3 heterocycles. The molecule has 0 aliphatic carbocycles. The largest absolute Gasteiger partial charge is 0.472 e. The molecule has 192 valence electrons. The fourth-order valence-electron chi connectivity index (χ4n) is 3.96. The number of hydrogen-bond donors (Lipinski definition) is 0. The average Bonchev–Trinajstić information content (AvgIpc) is 3.18. The molecule has 2 aliphatic heterocycles. The number of rotatable bonds is 8. The van der Waals surface area contributed by atoms with Crippen molar-refractivity contribution >= 4 is 40.1 Å². The van der Waals surface area contributed by atoms with Crippen LogP contribution in [0.15, 0.2) is 45.8 Å². The maximum absolute atomic E-state index is 13.3. The minimum absolute atomic E-state index is 0.108. The maximum Gasteiger partial charge on any atom is 0.248 e. The van der Waals surface area contributed by atoms with Gasteiger partial charge in [-0.25, -0.2) is 8.42 Å². The predicted octanol–water partition coefficient (Wildman–Crippen LogP) is 5.42. The molecule has 35 heavy (non-hydrogen) atoms. The molecule has 0 amide bonds. The van der Waals surface area contributed by atoms with E-state index in [0.29, 0.717) is 29.9 Å². The summed E-state index contributed by atoms with van der Waals surface area (Å²) >= 11 is 3.61. The second kappa shape index (κ2) is 10.1. The van der Waals surface area contributed by atoms with Crippen molar-refractivity contribution in [2.75, 3.05) is 31.1 Å². The molecule has 1 aromatic carbocycles. The Kier molecular flexibility index (Phi) is 7.69. The maximum atomic E-state index is 13.3. The van der Waals surface area contributed by atoms with Crippen LogP contribution in [0.2, 0.25) is 18.1 Å². The molecule has 0 spiro atoms. The first-order valence-electron chi connectivity index (χ1n) is 12.2. The minimum Gasteiger partial charge on any atom is -0.472 e. The minimum atomic E-state index is -3.67. The van der Waals surface area contributed by atoms with Gasteiger partial charge in [0.25, 0.3) is 0 Å².